The highest BCUT2D eigenvalue weighted by molar-refractivity contribution is 6.09. The van der Waals surface area contributed by atoms with Crippen molar-refractivity contribution in [2.24, 2.45) is 0 Å². The van der Waals surface area contributed by atoms with E-state index >= 15 is 0 Å². The maximum absolute atomic E-state index is 13.9. The second-order valence-corrected chi connectivity index (χ2v) is 9.48. The van der Waals surface area contributed by atoms with Crippen molar-refractivity contribution in [2.45, 2.75) is 25.7 Å². The fourth-order valence-corrected chi connectivity index (χ4v) is 5.00. The predicted octanol–water partition coefficient (Wildman–Crippen LogP) is 2.77. The second-order valence-electron chi connectivity index (χ2n) is 9.48. The molecule has 210 valence electrons. The van der Waals surface area contributed by atoms with E-state index in [4.69, 9.17) is 19.3 Å². The van der Waals surface area contributed by atoms with Gasteiger partial charge in [0.1, 0.15) is 18.1 Å². The van der Waals surface area contributed by atoms with Crippen LogP contribution in [-0.2, 0) is 20.7 Å². The number of amides is 2. The van der Waals surface area contributed by atoms with Crippen molar-refractivity contribution in [1.29, 1.82) is 0 Å². The zero-order valence-electron chi connectivity index (χ0n) is 22.4. The standard InChI is InChI=1S/C29H32N4O7/c1-38-23-11-9-22(10-12-23)33-27-24(26(30-33)29(37)40-19-18-39-17-16-34)13-15-32(28(27)36)21-7-5-20(6-8-21)31-14-3-2-4-25(31)35/h5-12,34H,2-4,13-19H2,1H3. The van der Waals surface area contributed by atoms with Crippen LogP contribution in [0, 0.1) is 0 Å². The number of esters is 1. The Hall–Kier alpha value is -4.22. The first-order valence-corrected chi connectivity index (χ1v) is 13.4. The normalized spacial score (nSPS) is 15.2. The van der Waals surface area contributed by atoms with Crippen LogP contribution < -0.4 is 14.5 Å². The fraction of sp³-hybridized carbons (Fsp3) is 0.379. The highest BCUT2D eigenvalue weighted by Gasteiger charge is 2.35. The van der Waals surface area contributed by atoms with Gasteiger partial charge in [0.05, 0.1) is 32.6 Å². The van der Waals surface area contributed by atoms with Gasteiger partial charge >= 0.3 is 5.97 Å². The summed E-state index contributed by atoms with van der Waals surface area (Å²) >= 11 is 0. The van der Waals surface area contributed by atoms with Gasteiger partial charge in [-0.3, -0.25) is 9.59 Å². The zero-order valence-corrected chi connectivity index (χ0v) is 22.4. The van der Waals surface area contributed by atoms with Gasteiger partial charge in [-0.05, 0) is 67.8 Å². The lowest BCUT2D eigenvalue weighted by Crippen LogP contribution is -2.39. The van der Waals surface area contributed by atoms with Crippen molar-refractivity contribution in [3.8, 4) is 11.4 Å². The van der Waals surface area contributed by atoms with E-state index in [0.717, 1.165) is 18.5 Å². The number of aliphatic hydroxyl groups is 1. The Bertz CT molecular complexity index is 1370. The van der Waals surface area contributed by atoms with Crippen molar-refractivity contribution >= 4 is 29.2 Å². The monoisotopic (exact) mass is 548 g/mol. The first-order valence-electron chi connectivity index (χ1n) is 13.4. The smallest absolute Gasteiger partial charge is 0.359 e. The van der Waals surface area contributed by atoms with Crippen molar-refractivity contribution in [3.05, 3.63) is 65.5 Å². The molecule has 0 bridgehead atoms. The van der Waals surface area contributed by atoms with Crippen LogP contribution in [0.1, 0.15) is 45.8 Å². The minimum absolute atomic E-state index is 0.00502. The van der Waals surface area contributed by atoms with Crippen LogP contribution in [0.15, 0.2) is 48.5 Å². The van der Waals surface area contributed by atoms with Gasteiger partial charge in [0, 0.05) is 36.4 Å². The number of anilines is 2. The maximum Gasteiger partial charge on any atom is 0.359 e. The molecule has 0 spiro atoms. The van der Waals surface area contributed by atoms with Crippen LogP contribution in [0.4, 0.5) is 11.4 Å². The van der Waals surface area contributed by atoms with Crippen LogP contribution in [0.2, 0.25) is 0 Å². The number of hydrogen-bond donors (Lipinski definition) is 1. The SMILES string of the molecule is COc1ccc(-n2nc(C(=O)OCCOCCO)c3c2C(=O)N(c2ccc(N4CCCCC4=O)cc2)CC3)cc1. The number of aliphatic hydroxyl groups excluding tert-OH is 1. The molecule has 40 heavy (non-hydrogen) atoms. The average molecular weight is 549 g/mol. The van der Waals surface area contributed by atoms with E-state index in [1.807, 2.05) is 24.3 Å². The molecule has 0 aliphatic carbocycles. The fourth-order valence-electron chi connectivity index (χ4n) is 5.00. The number of carbonyl (C=O) groups is 3. The molecule has 0 radical (unpaired) electrons. The molecule has 11 heteroatoms. The number of aromatic nitrogens is 2. The molecule has 2 aromatic carbocycles. The third kappa shape index (κ3) is 5.56. The molecule has 1 N–H and O–H groups in total. The first-order chi connectivity index (χ1) is 19.5. The summed E-state index contributed by atoms with van der Waals surface area (Å²) in [6, 6.07) is 14.5. The molecule has 0 atom stereocenters. The van der Waals surface area contributed by atoms with E-state index in [9.17, 15) is 14.4 Å². The third-order valence-electron chi connectivity index (χ3n) is 7.02. The van der Waals surface area contributed by atoms with E-state index in [1.165, 1.54) is 4.68 Å². The van der Waals surface area contributed by atoms with Crippen molar-refractivity contribution in [1.82, 2.24) is 9.78 Å². The lowest BCUT2D eigenvalue weighted by atomic mass is 10.0. The van der Waals surface area contributed by atoms with Crippen LogP contribution >= 0.6 is 0 Å². The van der Waals surface area contributed by atoms with E-state index in [2.05, 4.69) is 5.10 Å². The number of rotatable bonds is 10. The Morgan fingerprint density at radius 2 is 1.57 bits per heavy atom. The predicted molar refractivity (Wildman–Crippen MR) is 146 cm³/mol. The second kappa shape index (κ2) is 12.3. The molecule has 11 nitrogen and oxygen atoms in total. The molecule has 3 aromatic rings. The van der Waals surface area contributed by atoms with Gasteiger partial charge < -0.3 is 29.1 Å². The Kier molecular flexibility index (Phi) is 8.42. The Morgan fingerprint density at radius 3 is 2.25 bits per heavy atom. The topological polar surface area (TPSA) is 123 Å². The molecule has 0 unspecified atom stereocenters. The van der Waals surface area contributed by atoms with Crippen LogP contribution in [0.3, 0.4) is 0 Å². The Labute approximate surface area is 231 Å². The van der Waals surface area contributed by atoms with Crippen LogP contribution in [0.25, 0.3) is 5.69 Å². The molecule has 1 aromatic heterocycles. The summed E-state index contributed by atoms with van der Waals surface area (Å²) in [6.45, 7) is 1.21. The maximum atomic E-state index is 13.9. The van der Waals surface area contributed by atoms with Crippen molar-refractivity contribution in [2.75, 3.05) is 56.4 Å². The number of hydrogen-bond acceptors (Lipinski definition) is 8. The minimum Gasteiger partial charge on any atom is -0.497 e. The number of carbonyl (C=O) groups excluding carboxylic acids is 3. The summed E-state index contributed by atoms with van der Waals surface area (Å²) in [7, 11) is 1.57. The molecule has 2 aliphatic rings. The van der Waals surface area contributed by atoms with E-state index in [1.54, 1.807) is 41.2 Å². The molecular formula is C29H32N4O7. The quantitative estimate of drug-likeness (QED) is 0.303. The molecule has 5 rings (SSSR count). The van der Waals surface area contributed by atoms with Gasteiger partial charge in [-0.2, -0.15) is 5.10 Å². The summed E-state index contributed by atoms with van der Waals surface area (Å²) < 4.78 is 17.3. The zero-order chi connectivity index (χ0) is 28.1. The summed E-state index contributed by atoms with van der Waals surface area (Å²) in [4.78, 5) is 42.7. The van der Waals surface area contributed by atoms with Crippen LogP contribution in [-0.4, -0.2) is 79.3 Å². The van der Waals surface area contributed by atoms with Gasteiger partial charge in [0.25, 0.3) is 5.91 Å². The van der Waals surface area contributed by atoms with Gasteiger partial charge in [-0.15, -0.1) is 0 Å². The Morgan fingerprint density at radius 1 is 0.875 bits per heavy atom. The van der Waals surface area contributed by atoms with Gasteiger partial charge in [-0.1, -0.05) is 0 Å². The molecule has 2 aliphatic heterocycles. The Balaban J connectivity index is 1.43. The number of fused-ring (bicyclic) bond motifs is 1. The highest BCUT2D eigenvalue weighted by Crippen LogP contribution is 2.31. The van der Waals surface area contributed by atoms with E-state index in [-0.39, 0.29) is 49.6 Å². The number of benzene rings is 2. The minimum atomic E-state index is -0.645. The lowest BCUT2D eigenvalue weighted by Gasteiger charge is -2.29. The molecule has 1 saturated heterocycles. The summed E-state index contributed by atoms with van der Waals surface area (Å²) in [5, 5.41) is 13.4. The average Bonchev–Trinajstić information content (AvgIpc) is 3.38. The van der Waals surface area contributed by atoms with Gasteiger partial charge in [0.15, 0.2) is 5.69 Å². The molecule has 0 saturated carbocycles. The summed E-state index contributed by atoms with van der Waals surface area (Å²) in [5.74, 6) is -0.183. The van der Waals surface area contributed by atoms with E-state index < -0.39 is 5.97 Å². The van der Waals surface area contributed by atoms with Crippen molar-refractivity contribution < 1.29 is 33.7 Å². The number of piperidine rings is 1. The van der Waals surface area contributed by atoms with E-state index in [0.29, 0.717) is 48.6 Å². The van der Waals surface area contributed by atoms with Crippen LogP contribution in [0.5, 0.6) is 5.75 Å². The molecule has 1 fully saturated rings. The van der Waals surface area contributed by atoms with Gasteiger partial charge in [-0.25, -0.2) is 9.48 Å². The number of ether oxygens (including phenoxy) is 3. The largest absolute Gasteiger partial charge is 0.497 e. The lowest BCUT2D eigenvalue weighted by molar-refractivity contribution is -0.119. The summed E-state index contributed by atoms with van der Waals surface area (Å²) in [6.07, 6.45) is 2.82. The van der Waals surface area contributed by atoms with Crippen molar-refractivity contribution in [3.63, 3.8) is 0 Å². The molecular weight excluding hydrogens is 516 g/mol. The number of methoxy groups -OCH3 is 1. The first kappa shape index (κ1) is 27.4. The molecule has 3 heterocycles. The number of nitrogens with zero attached hydrogens (tertiary/aromatic N) is 4. The van der Waals surface area contributed by atoms with Gasteiger partial charge in [0.2, 0.25) is 5.91 Å². The highest BCUT2D eigenvalue weighted by atomic mass is 16.6. The molecule has 2 amide bonds. The summed E-state index contributed by atoms with van der Waals surface area (Å²) in [5.41, 5.74) is 2.99. The third-order valence-corrected chi connectivity index (χ3v) is 7.02.